The lowest BCUT2D eigenvalue weighted by Crippen LogP contribution is -2.13. The van der Waals surface area contributed by atoms with Crippen molar-refractivity contribution in [1.82, 2.24) is 19.5 Å². The van der Waals surface area contributed by atoms with E-state index < -0.39 is 10.0 Å². The van der Waals surface area contributed by atoms with Crippen LogP contribution in [-0.2, 0) is 10.0 Å². The first-order chi connectivity index (χ1) is 16.7. The smallest absolute Gasteiger partial charge is 0.262 e. The minimum absolute atomic E-state index is 0.0458. The number of rotatable bonds is 8. The Balaban J connectivity index is 1.51. The number of benzene rings is 2. The number of aromatic nitrogens is 4. The van der Waals surface area contributed by atoms with E-state index in [1.165, 1.54) is 32.4 Å². The second-order valence-corrected chi connectivity index (χ2v) is 9.33. The number of methoxy groups -OCH3 is 2. The van der Waals surface area contributed by atoms with E-state index in [0.29, 0.717) is 40.5 Å². The van der Waals surface area contributed by atoms with Gasteiger partial charge in [0.15, 0.2) is 11.5 Å². The molecule has 35 heavy (non-hydrogen) atoms. The number of anilines is 1. The third-order valence-corrected chi connectivity index (χ3v) is 6.67. The Morgan fingerprint density at radius 2 is 1.60 bits per heavy atom. The Hall–Kier alpha value is -4.12. The van der Waals surface area contributed by atoms with Crippen LogP contribution in [0.4, 0.5) is 5.69 Å². The fraction of sp³-hybridized carbons (Fsp3) is 0.208. The number of imidazole rings is 1. The van der Waals surface area contributed by atoms with E-state index in [2.05, 4.69) is 19.7 Å². The largest absolute Gasteiger partial charge is 0.493 e. The van der Waals surface area contributed by atoms with E-state index in [0.717, 1.165) is 11.4 Å². The maximum absolute atomic E-state index is 12.8. The zero-order valence-corrected chi connectivity index (χ0v) is 20.8. The highest BCUT2D eigenvalue weighted by atomic mass is 32.2. The Morgan fingerprint density at radius 1 is 0.886 bits per heavy atom. The van der Waals surface area contributed by atoms with Gasteiger partial charge in [-0.3, -0.25) is 9.29 Å². The molecule has 0 aliphatic rings. The number of ether oxygens (including phenoxy) is 3. The maximum Gasteiger partial charge on any atom is 0.262 e. The first-order valence-corrected chi connectivity index (χ1v) is 12.1. The number of hydrogen-bond donors (Lipinski definition) is 1. The topological polar surface area (TPSA) is 117 Å². The molecule has 2 aromatic heterocycles. The standard InChI is InChI=1S/C24H25N5O5S/c1-15-16(2)29(14-25-15)23-13-24(27-17(3)26-23)34-19-8-6-18(7-9-19)28-35(30,31)20-10-11-21(32-4)22(12-20)33-5/h6-14,28H,1-5H3. The number of nitrogens with zero attached hydrogens (tertiary/aromatic N) is 4. The van der Waals surface area contributed by atoms with E-state index in [9.17, 15) is 8.42 Å². The van der Waals surface area contributed by atoms with Crippen molar-refractivity contribution in [2.75, 3.05) is 18.9 Å². The van der Waals surface area contributed by atoms with Crippen molar-refractivity contribution in [3.05, 3.63) is 72.1 Å². The summed E-state index contributed by atoms with van der Waals surface area (Å²) in [6.45, 7) is 5.67. The Kier molecular flexibility index (Phi) is 6.61. The molecule has 4 rings (SSSR count). The second kappa shape index (κ2) is 9.63. The third-order valence-electron chi connectivity index (χ3n) is 5.29. The highest BCUT2D eigenvalue weighted by molar-refractivity contribution is 7.92. The predicted octanol–water partition coefficient (Wildman–Crippen LogP) is 4.20. The van der Waals surface area contributed by atoms with Crippen molar-refractivity contribution in [2.24, 2.45) is 0 Å². The summed E-state index contributed by atoms with van der Waals surface area (Å²) in [5.74, 6) is 2.79. The molecule has 0 atom stereocenters. The van der Waals surface area contributed by atoms with Crippen LogP contribution in [0, 0.1) is 20.8 Å². The van der Waals surface area contributed by atoms with Gasteiger partial charge in [0, 0.05) is 23.5 Å². The van der Waals surface area contributed by atoms with Crippen molar-refractivity contribution in [3.8, 4) is 28.9 Å². The van der Waals surface area contributed by atoms with Crippen molar-refractivity contribution in [1.29, 1.82) is 0 Å². The molecule has 2 heterocycles. The molecule has 10 nitrogen and oxygen atoms in total. The monoisotopic (exact) mass is 495 g/mol. The van der Waals surface area contributed by atoms with Gasteiger partial charge in [0.2, 0.25) is 5.88 Å². The average Bonchev–Trinajstić information content (AvgIpc) is 3.17. The van der Waals surface area contributed by atoms with Crippen LogP contribution in [0.3, 0.4) is 0 Å². The zero-order chi connectivity index (χ0) is 25.2. The summed E-state index contributed by atoms with van der Waals surface area (Å²) < 4.78 is 46.3. The van der Waals surface area contributed by atoms with Gasteiger partial charge in [-0.1, -0.05) is 0 Å². The van der Waals surface area contributed by atoms with Gasteiger partial charge in [-0.15, -0.1) is 0 Å². The number of aryl methyl sites for hydroxylation is 2. The average molecular weight is 496 g/mol. The fourth-order valence-electron chi connectivity index (χ4n) is 3.34. The summed E-state index contributed by atoms with van der Waals surface area (Å²) in [4.78, 5) is 13.2. The lowest BCUT2D eigenvalue weighted by atomic mass is 10.3. The minimum Gasteiger partial charge on any atom is -0.493 e. The van der Waals surface area contributed by atoms with Gasteiger partial charge in [-0.25, -0.2) is 18.4 Å². The molecule has 2 aromatic carbocycles. The normalized spacial score (nSPS) is 11.2. The molecule has 0 fully saturated rings. The maximum atomic E-state index is 12.8. The summed E-state index contributed by atoms with van der Waals surface area (Å²) in [6, 6.07) is 12.6. The van der Waals surface area contributed by atoms with Gasteiger partial charge >= 0.3 is 0 Å². The molecule has 0 bridgehead atoms. The molecule has 0 aliphatic heterocycles. The van der Waals surface area contributed by atoms with Crippen molar-refractivity contribution < 1.29 is 22.6 Å². The first kappa shape index (κ1) is 24.0. The van der Waals surface area contributed by atoms with Crippen molar-refractivity contribution >= 4 is 15.7 Å². The lowest BCUT2D eigenvalue weighted by molar-refractivity contribution is 0.354. The van der Waals surface area contributed by atoms with Crippen LogP contribution >= 0.6 is 0 Å². The SMILES string of the molecule is COc1ccc(S(=O)(=O)Nc2ccc(Oc3cc(-n4cnc(C)c4C)nc(C)n3)cc2)cc1OC. The predicted molar refractivity (Wildman–Crippen MR) is 130 cm³/mol. The molecule has 0 radical (unpaired) electrons. The van der Waals surface area contributed by atoms with E-state index in [1.54, 1.807) is 43.6 Å². The summed E-state index contributed by atoms with van der Waals surface area (Å²) in [6.07, 6.45) is 1.70. The fourth-order valence-corrected chi connectivity index (χ4v) is 4.41. The summed E-state index contributed by atoms with van der Waals surface area (Å²) in [7, 11) is -0.914. The molecular weight excluding hydrogens is 470 g/mol. The second-order valence-electron chi connectivity index (χ2n) is 7.65. The van der Waals surface area contributed by atoms with Crippen molar-refractivity contribution in [3.63, 3.8) is 0 Å². The van der Waals surface area contributed by atoms with Gasteiger partial charge < -0.3 is 14.2 Å². The third kappa shape index (κ3) is 5.19. The zero-order valence-electron chi connectivity index (χ0n) is 19.9. The quantitative estimate of drug-likeness (QED) is 0.387. The lowest BCUT2D eigenvalue weighted by Gasteiger charge is -2.12. The molecule has 182 valence electrons. The van der Waals surface area contributed by atoms with Crippen LogP contribution in [0.5, 0.6) is 23.1 Å². The molecule has 1 N–H and O–H groups in total. The molecule has 0 aliphatic carbocycles. The highest BCUT2D eigenvalue weighted by Gasteiger charge is 2.17. The molecule has 0 amide bonds. The van der Waals surface area contributed by atoms with Crippen LogP contribution in [-0.4, -0.2) is 42.2 Å². The molecule has 11 heteroatoms. The van der Waals surface area contributed by atoms with Crippen LogP contribution < -0.4 is 18.9 Å². The highest BCUT2D eigenvalue weighted by Crippen LogP contribution is 2.30. The van der Waals surface area contributed by atoms with Crippen LogP contribution in [0.2, 0.25) is 0 Å². The van der Waals surface area contributed by atoms with Gasteiger partial charge in [0.25, 0.3) is 10.0 Å². The van der Waals surface area contributed by atoms with E-state index in [-0.39, 0.29) is 4.90 Å². The molecule has 4 aromatic rings. The van der Waals surface area contributed by atoms with Gasteiger partial charge in [-0.05, 0) is 57.2 Å². The molecule has 0 saturated heterocycles. The van der Waals surface area contributed by atoms with Gasteiger partial charge in [-0.2, -0.15) is 4.98 Å². The molecule has 0 unspecified atom stereocenters. The van der Waals surface area contributed by atoms with Crippen LogP contribution in [0.25, 0.3) is 5.82 Å². The van der Waals surface area contributed by atoms with E-state index >= 15 is 0 Å². The van der Waals surface area contributed by atoms with Crippen molar-refractivity contribution in [2.45, 2.75) is 25.7 Å². The molecular formula is C24H25N5O5S. The van der Waals surface area contributed by atoms with Crippen LogP contribution in [0.1, 0.15) is 17.2 Å². The Labute approximate surface area is 203 Å². The van der Waals surface area contributed by atoms with Gasteiger partial charge in [0.05, 0.1) is 24.8 Å². The number of nitrogens with one attached hydrogen (secondary N) is 1. The summed E-state index contributed by atoms with van der Waals surface area (Å²) >= 11 is 0. The number of sulfonamides is 1. The Bertz CT molecular complexity index is 1470. The summed E-state index contributed by atoms with van der Waals surface area (Å²) in [5.41, 5.74) is 2.26. The van der Waals surface area contributed by atoms with Crippen LogP contribution in [0.15, 0.2) is 59.8 Å². The summed E-state index contributed by atoms with van der Waals surface area (Å²) in [5, 5.41) is 0. The minimum atomic E-state index is -3.84. The molecule has 0 spiro atoms. The molecule has 0 saturated carbocycles. The first-order valence-electron chi connectivity index (χ1n) is 10.6. The number of hydrogen-bond acceptors (Lipinski definition) is 8. The van der Waals surface area contributed by atoms with E-state index in [4.69, 9.17) is 14.2 Å². The van der Waals surface area contributed by atoms with E-state index in [1.807, 2.05) is 18.4 Å². The Morgan fingerprint density at radius 3 is 2.23 bits per heavy atom. The van der Waals surface area contributed by atoms with Gasteiger partial charge in [0.1, 0.15) is 23.7 Å².